The Kier molecular flexibility index (Phi) is 5.26. The molecule has 1 unspecified atom stereocenters. The lowest BCUT2D eigenvalue weighted by Gasteiger charge is -2.13. The van der Waals surface area contributed by atoms with E-state index < -0.39 is 18.3 Å². The number of hydrogen-bond acceptors (Lipinski definition) is 4. The first-order valence-electron chi connectivity index (χ1n) is 6.64. The van der Waals surface area contributed by atoms with Gasteiger partial charge < -0.3 is 10.6 Å². The number of rotatable bonds is 5. The highest BCUT2D eigenvalue weighted by Crippen LogP contribution is 2.20. The summed E-state index contributed by atoms with van der Waals surface area (Å²) in [6, 6.07) is 0. The minimum absolute atomic E-state index is 0.0753. The van der Waals surface area contributed by atoms with Crippen LogP contribution in [0.15, 0.2) is 15.5 Å². The minimum Gasteiger partial charge on any atom is -0.383 e. The molecule has 0 amide bonds. The Hall–Kier alpha value is -1.09. The molecule has 2 rings (SSSR count). The van der Waals surface area contributed by atoms with E-state index >= 15 is 0 Å². The molecule has 1 atom stereocenters. The van der Waals surface area contributed by atoms with Gasteiger partial charge in [-0.3, -0.25) is 4.79 Å². The first-order chi connectivity index (χ1) is 9.87. The average Bonchev–Trinajstić information content (AvgIpc) is 2.89. The fraction of sp³-hybridized carbons (Fsp3) is 0.667. The SMILES string of the molecule is O=c1c(Br)c(NCCC2CCNC2)cnn1CC(F)(F)F. The Morgan fingerprint density at radius 1 is 1.52 bits per heavy atom. The van der Waals surface area contributed by atoms with Gasteiger partial charge >= 0.3 is 6.18 Å². The lowest BCUT2D eigenvalue weighted by atomic mass is 10.1. The highest BCUT2D eigenvalue weighted by Gasteiger charge is 2.29. The van der Waals surface area contributed by atoms with Gasteiger partial charge in [-0.05, 0) is 47.8 Å². The predicted molar refractivity (Wildman–Crippen MR) is 76.3 cm³/mol. The van der Waals surface area contributed by atoms with Crippen LogP contribution in [0.1, 0.15) is 12.8 Å². The Labute approximate surface area is 128 Å². The third kappa shape index (κ3) is 4.70. The van der Waals surface area contributed by atoms with Gasteiger partial charge in [0.1, 0.15) is 11.0 Å². The summed E-state index contributed by atoms with van der Waals surface area (Å²) < 4.78 is 37.4. The van der Waals surface area contributed by atoms with Crippen LogP contribution in [-0.2, 0) is 6.54 Å². The molecule has 118 valence electrons. The maximum absolute atomic E-state index is 12.3. The van der Waals surface area contributed by atoms with E-state index in [-0.39, 0.29) is 4.47 Å². The van der Waals surface area contributed by atoms with Gasteiger partial charge in [0.25, 0.3) is 5.56 Å². The van der Waals surface area contributed by atoms with E-state index in [1.54, 1.807) is 0 Å². The van der Waals surface area contributed by atoms with Crippen molar-refractivity contribution < 1.29 is 13.2 Å². The van der Waals surface area contributed by atoms with Crippen LogP contribution in [0.2, 0.25) is 0 Å². The van der Waals surface area contributed by atoms with Crippen LogP contribution in [0.4, 0.5) is 18.9 Å². The van der Waals surface area contributed by atoms with Crippen LogP contribution in [-0.4, -0.2) is 35.6 Å². The largest absolute Gasteiger partial charge is 0.408 e. The van der Waals surface area contributed by atoms with E-state index in [2.05, 4.69) is 31.7 Å². The normalized spacial score (nSPS) is 19.0. The molecule has 0 aliphatic carbocycles. The molecule has 0 saturated carbocycles. The zero-order valence-electron chi connectivity index (χ0n) is 11.2. The van der Waals surface area contributed by atoms with E-state index in [0.717, 1.165) is 25.9 Å². The molecule has 0 bridgehead atoms. The number of nitrogens with one attached hydrogen (secondary N) is 2. The number of anilines is 1. The topological polar surface area (TPSA) is 59.0 Å². The summed E-state index contributed by atoms with van der Waals surface area (Å²) in [4.78, 5) is 11.8. The van der Waals surface area contributed by atoms with Crippen molar-refractivity contribution in [1.29, 1.82) is 0 Å². The quantitative estimate of drug-likeness (QED) is 0.834. The van der Waals surface area contributed by atoms with Crippen LogP contribution in [0.3, 0.4) is 0 Å². The molecule has 1 aromatic rings. The molecule has 0 radical (unpaired) electrons. The number of aromatic nitrogens is 2. The predicted octanol–water partition coefficient (Wildman–Crippen LogP) is 1.98. The summed E-state index contributed by atoms with van der Waals surface area (Å²) in [5.41, 5.74) is -0.371. The van der Waals surface area contributed by atoms with Gasteiger partial charge in [-0.15, -0.1) is 0 Å². The highest BCUT2D eigenvalue weighted by molar-refractivity contribution is 9.10. The van der Waals surface area contributed by atoms with Crippen molar-refractivity contribution in [1.82, 2.24) is 15.1 Å². The van der Waals surface area contributed by atoms with Crippen molar-refractivity contribution in [2.24, 2.45) is 5.92 Å². The Bertz CT molecular complexity index is 540. The lowest BCUT2D eigenvalue weighted by molar-refractivity contribution is -0.143. The second-order valence-corrected chi connectivity index (χ2v) is 5.82. The third-order valence-electron chi connectivity index (χ3n) is 3.34. The van der Waals surface area contributed by atoms with Crippen molar-refractivity contribution in [3.63, 3.8) is 0 Å². The molecule has 0 aromatic carbocycles. The zero-order valence-corrected chi connectivity index (χ0v) is 12.8. The van der Waals surface area contributed by atoms with E-state index in [9.17, 15) is 18.0 Å². The number of hydrogen-bond donors (Lipinski definition) is 2. The Balaban J connectivity index is 1.97. The molecule has 1 fully saturated rings. The number of halogens is 4. The number of nitrogens with zero attached hydrogens (tertiary/aromatic N) is 2. The molecule has 9 heteroatoms. The Morgan fingerprint density at radius 3 is 2.90 bits per heavy atom. The van der Waals surface area contributed by atoms with Crippen LogP contribution < -0.4 is 16.2 Å². The molecule has 2 N–H and O–H groups in total. The maximum Gasteiger partial charge on any atom is 0.408 e. The van der Waals surface area contributed by atoms with Crippen LogP contribution in [0, 0.1) is 5.92 Å². The summed E-state index contributed by atoms with van der Waals surface area (Å²) in [5, 5.41) is 9.85. The van der Waals surface area contributed by atoms with Crippen LogP contribution in [0.5, 0.6) is 0 Å². The van der Waals surface area contributed by atoms with Gasteiger partial charge in [0.2, 0.25) is 0 Å². The summed E-state index contributed by atoms with van der Waals surface area (Å²) in [6.45, 7) is 1.26. The summed E-state index contributed by atoms with van der Waals surface area (Å²) in [6.07, 6.45) is -1.18. The Morgan fingerprint density at radius 2 is 2.29 bits per heavy atom. The van der Waals surface area contributed by atoms with Crippen LogP contribution in [0.25, 0.3) is 0 Å². The van der Waals surface area contributed by atoms with Gasteiger partial charge in [-0.25, -0.2) is 4.68 Å². The monoisotopic (exact) mass is 368 g/mol. The van der Waals surface area contributed by atoms with Gasteiger partial charge in [-0.2, -0.15) is 18.3 Å². The smallest absolute Gasteiger partial charge is 0.383 e. The highest BCUT2D eigenvalue weighted by atomic mass is 79.9. The molecule has 1 aromatic heterocycles. The average molecular weight is 369 g/mol. The second-order valence-electron chi connectivity index (χ2n) is 5.02. The first-order valence-corrected chi connectivity index (χ1v) is 7.43. The maximum atomic E-state index is 12.3. The van der Waals surface area contributed by atoms with Crippen molar-refractivity contribution in [2.75, 3.05) is 25.0 Å². The molecule has 1 aliphatic heterocycles. The first kappa shape index (κ1) is 16.3. The summed E-state index contributed by atoms with van der Waals surface area (Å²) in [5.74, 6) is 0.592. The van der Waals surface area contributed by atoms with Gasteiger partial charge in [0, 0.05) is 6.54 Å². The molecule has 2 heterocycles. The van der Waals surface area contributed by atoms with Crippen molar-refractivity contribution in [3.8, 4) is 0 Å². The van der Waals surface area contributed by atoms with Gasteiger partial charge in [0.15, 0.2) is 0 Å². The van der Waals surface area contributed by atoms with Crippen LogP contribution >= 0.6 is 15.9 Å². The van der Waals surface area contributed by atoms with E-state index in [4.69, 9.17) is 0 Å². The van der Waals surface area contributed by atoms with Crippen molar-refractivity contribution in [2.45, 2.75) is 25.6 Å². The van der Waals surface area contributed by atoms with E-state index in [1.807, 2.05) is 0 Å². The van der Waals surface area contributed by atoms with Gasteiger partial charge in [-0.1, -0.05) is 0 Å². The molecule has 0 spiro atoms. The zero-order chi connectivity index (χ0) is 15.5. The molecular weight excluding hydrogens is 353 g/mol. The molecule has 21 heavy (non-hydrogen) atoms. The molecule has 1 aliphatic rings. The second kappa shape index (κ2) is 6.78. The fourth-order valence-electron chi connectivity index (χ4n) is 2.24. The van der Waals surface area contributed by atoms with E-state index in [0.29, 0.717) is 22.8 Å². The molecule has 5 nitrogen and oxygen atoms in total. The van der Waals surface area contributed by atoms with Crippen molar-refractivity contribution in [3.05, 3.63) is 21.0 Å². The summed E-state index contributed by atoms with van der Waals surface area (Å²) in [7, 11) is 0. The summed E-state index contributed by atoms with van der Waals surface area (Å²) >= 11 is 3.04. The standard InChI is InChI=1S/C12H16BrF3N4O/c13-10-9(18-4-2-8-1-3-17-5-8)6-19-20(11(10)21)7-12(14,15)16/h6,8,17-18H,1-5,7H2. The number of alkyl halides is 3. The molecular formula is C12H16BrF3N4O. The third-order valence-corrected chi connectivity index (χ3v) is 4.11. The van der Waals surface area contributed by atoms with Crippen molar-refractivity contribution >= 4 is 21.6 Å². The fourth-order valence-corrected chi connectivity index (χ4v) is 2.69. The lowest BCUT2D eigenvalue weighted by Crippen LogP contribution is -2.31. The van der Waals surface area contributed by atoms with Gasteiger partial charge in [0.05, 0.1) is 11.9 Å². The molecule has 1 saturated heterocycles. The van der Waals surface area contributed by atoms with E-state index in [1.165, 1.54) is 6.20 Å². The minimum atomic E-state index is -4.47.